The zero-order valence-electron chi connectivity index (χ0n) is 11.8. The smallest absolute Gasteiger partial charge is 0.266 e. The van der Waals surface area contributed by atoms with Gasteiger partial charge in [-0.15, -0.1) is 11.3 Å². The fourth-order valence-corrected chi connectivity index (χ4v) is 3.80. The predicted octanol–water partition coefficient (Wildman–Crippen LogP) is 3.58. The summed E-state index contributed by atoms with van der Waals surface area (Å²) in [6.45, 7) is 5.61. The normalized spacial score (nSPS) is 15.5. The fourth-order valence-electron chi connectivity index (χ4n) is 2.61. The number of nitrogen functional groups attached to an aromatic ring is 1. The van der Waals surface area contributed by atoms with Crippen molar-refractivity contribution in [3.8, 4) is 0 Å². The first kappa shape index (κ1) is 13.2. The van der Waals surface area contributed by atoms with E-state index >= 15 is 0 Å². The van der Waals surface area contributed by atoms with Crippen LogP contribution >= 0.6 is 11.3 Å². The van der Waals surface area contributed by atoms with E-state index in [0.29, 0.717) is 17.1 Å². The first-order valence-corrected chi connectivity index (χ1v) is 7.61. The zero-order valence-corrected chi connectivity index (χ0v) is 12.6. The molecule has 0 radical (unpaired) electrons. The number of thiophene rings is 1. The van der Waals surface area contributed by atoms with Crippen molar-refractivity contribution in [1.82, 2.24) is 4.90 Å². The lowest BCUT2D eigenvalue weighted by Gasteiger charge is -2.25. The first-order chi connectivity index (χ1) is 9.56. The molecule has 0 saturated heterocycles. The first-order valence-electron chi connectivity index (χ1n) is 6.80. The van der Waals surface area contributed by atoms with E-state index in [1.54, 1.807) is 0 Å². The maximum absolute atomic E-state index is 12.6. The third-order valence-corrected chi connectivity index (χ3v) is 4.85. The number of nitrogens with zero attached hydrogens (tertiary/aromatic N) is 1. The monoisotopic (exact) mass is 286 g/mol. The molecular weight excluding hydrogens is 268 g/mol. The number of hydrogen-bond acceptors (Lipinski definition) is 3. The molecule has 1 aliphatic heterocycles. The lowest BCUT2D eigenvalue weighted by atomic mass is 10.1. The molecule has 2 aromatic rings. The second-order valence-electron chi connectivity index (χ2n) is 5.41. The molecule has 0 bridgehead atoms. The van der Waals surface area contributed by atoms with Crippen molar-refractivity contribution in [2.24, 2.45) is 0 Å². The molecule has 104 valence electrons. The van der Waals surface area contributed by atoms with Crippen LogP contribution in [0.3, 0.4) is 0 Å². The van der Waals surface area contributed by atoms with E-state index in [4.69, 9.17) is 5.73 Å². The number of benzene rings is 1. The number of nitrogens with two attached hydrogens (primary N) is 1. The number of amides is 1. The highest BCUT2D eigenvalue weighted by molar-refractivity contribution is 7.21. The number of rotatable bonds is 1. The molecule has 0 fully saturated rings. The molecule has 3 nitrogen and oxygen atoms in total. The average Bonchev–Trinajstić information content (AvgIpc) is 2.74. The van der Waals surface area contributed by atoms with Gasteiger partial charge in [0.15, 0.2) is 0 Å². The molecule has 0 aliphatic carbocycles. The fraction of sp³-hybridized carbons (Fsp3) is 0.312. The minimum atomic E-state index is 0.0637. The number of anilines is 1. The van der Waals surface area contributed by atoms with Crippen LogP contribution in [0, 0.1) is 6.92 Å². The summed E-state index contributed by atoms with van der Waals surface area (Å²) in [7, 11) is 0. The quantitative estimate of drug-likeness (QED) is 0.814. The summed E-state index contributed by atoms with van der Waals surface area (Å²) >= 11 is 1.51. The van der Waals surface area contributed by atoms with Crippen molar-refractivity contribution in [2.75, 3.05) is 18.8 Å². The molecule has 20 heavy (non-hydrogen) atoms. The van der Waals surface area contributed by atoms with Crippen LogP contribution in [0.2, 0.25) is 0 Å². The van der Waals surface area contributed by atoms with Gasteiger partial charge < -0.3 is 10.6 Å². The maximum Gasteiger partial charge on any atom is 0.266 e. The van der Waals surface area contributed by atoms with Crippen molar-refractivity contribution < 1.29 is 4.79 Å². The van der Waals surface area contributed by atoms with Crippen molar-refractivity contribution >= 4 is 33.0 Å². The summed E-state index contributed by atoms with van der Waals surface area (Å²) in [4.78, 5) is 15.2. The minimum Gasteiger partial charge on any atom is -0.397 e. The van der Waals surface area contributed by atoms with Gasteiger partial charge in [0.05, 0.1) is 5.69 Å². The van der Waals surface area contributed by atoms with Crippen LogP contribution in [0.5, 0.6) is 0 Å². The molecule has 1 aromatic heterocycles. The molecule has 1 aromatic carbocycles. The average molecular weight is 286 g/mol. The highest BCUT2D eigenvalue weighted by Crippen LogP contribution is 2.35. The van der Waals surface area contributed by atoms with Gasteiger partial charge in [0.1, 0.15) is 4.88 Å². The summed E-state index contributed by atoms with van der Waals surface area (Å²) in [5, 5.41) is 0.994. The molecule has 2 heterocycles. The van der Waals surface area contributed by atoms with Crippen LogP contribution in [-0.4, -0.2) is 23.9 Å². The second-order valence-corrected chi connectivity index (χ2v) is 6.46. The van der Waals surface area contributed by atoms with Crippen LogP contribution in [0.25, 0.3) is 10.1 Å². The van der Waals surface area contributed by atoms with Gasteiger partial charge in [-0.25, -0.2) is 0 Å². The van der Waals surface area contributed by atoms with Crippen molar-refractivity contribution in [3.63, 3.8) is 0 Å². The second kappa shape index (κ2) is 4.94. The van der Waals surface area contributed by atoms with Crippen molar-refractivity contribution in [1.29, 1.82) is 0 Å². The highest BCUT2D eigenvalue weighted by Gasteiger charge is 2.23. The molecule has 3 rings (SSSR count). The predicted molar refractivity (Wildman–Crippen MR) is 85.3 cm³/mol. The van der Waals surface area contributed by atoms with E-state index in [1.165, 1.54) is 22.5 Å². The Morgan fingerprint density at radius 1 is 1.35 bits per heavy atom. The van der Waals surface area contributed by atoms with E-state index in [2.05, 4.69) is 26.0 Å². The minimum absolute atomic E-state index is 0.0637. The summed E-state index contributed by atoms with van der Waals surface area (Å²) in [5.74, 6) is 0.0637. The SMILES string of the molecule is CC1=CCCN(C(=O)c2sc3cc(C)ccc3c2N)C1. The van der Waals surface area contributed by atoms with E-state index in [9.17, 15) is 4.79 Å². The third kappa shape index (κ3) is 2.20. The van der Waals surface area contributed by atoms with Crippen LogP contribution < -0.4 is 5.73 Å². The Hall–Kier alpha value is -1.81. The Balaban J connectivity index is 1.99. The highest BCUT2D eigenvalue weighted by atomic mass is 32.1. The largest absolute Gasteiger partial charge is 0.397 e. The van der Waals surface area contributed by atoms with Gasteiger partial charge >= 0.3 is 0 Å². The van der Waals surface area contributed by atoms with Crippen LogP contribution in [-0.2, 0) is 0 Å². The van der Waals surface area contributed by atoms with Crippen LogP contribution in [0.15, 0.2) is 29.8 Å². The van der Waals surface area contributed by atoms with Gasteiger partial charge in [0, 0.05) is 23.2 Å². The number of aryl methyl sites for hydroxylation is 1. The van der Waals surface area contributed by atoms with E-state index in [1.807, 2.05) is 17.0 Å². The molecular formula is C16H18N2OS. The van der Waals surface area contributed by atoms with Gasteiger partial charge in [-0.05, 0) is 31.9 Å². The number of hydrogen-bond donors (Lipinski definition) is 1. The van der Waals surface area contributed by atoms with Gasteiger partial charge in [0.25, 0.3) is 5.91 Å². The molecule has 1 amide bonds. The lowest BCUT2D eigenvalue weighted by molar-refractivity contribution is 0.0772. The van der Waals surface area contributed by atoms with Gasteiger partial charge in [-0.2, -0.15) is 0 Å². The lowest BCUT2D eigenvalue weighted by Crippen LogP contribution is -2.35. The van der Waals surface area contributed by atoms with Crippen molar-refractivity contribution in [2.45, 2.75) is 20.3 Å². The van der Waals surface area contributed by atoms with E-state index in [-0.39, 0.29) is 5.91 Å². The summed E-state index contributed by atoms with van der Waals surface area (Å²) < 4.78 is 1.09. The number of carbonyl (C=O) groups excluding carboxylic acids is 1. The van der Waals surface area contributed by atoms with Gasteiger partial charge in [0.2, 0.25) is 0 Å². The Bertz CT molecular complexity index is 715. The van der Waals surface area contributed by atoms with Gasteiger partial charge in [-0.3, -0.25) is 4.79 Å². The Morgan fingerprint density at radius 2 is 2.15 bits per heavy atom. The van der Waals surface area contributed by atoms with Crippen molar-refractivity contribution in [3.05, 3.63) is 40.3 Å². The zero-order chi connectivity index (χ0) is 14.3. The maximum atomic E-state index is 12.6. The standard InChI is InChI=1S/C16H18N2OS/c1-10-5-6-12-13(8-10)20-15(14(12)17)16(19)18-7-3-4-11(2)9-18/h4-6,8H,3,7,9,17H2,1-2H3. The van der Waals surface area contributed by atoms with E-state index < -0.39 is 0 Å². The third-order valence-electron chi connectivity index (χ3n) is 3.70. The molecule has 0 atom stereocenters. The summed E-state index contributed by atoms with van der Waals surface area (Å²) in [6.07, 6.45) is 3.13. The number of carbonyl (C=O) groups is 1. The molecule has 4 heteroatoms. The molecule has 0 spiro atoms. The number of fused-ring (bicyclic) bond motifs is 1. The summed E-state index contributed by atoms with van der Waals surface area (Å²) in [5.41, 5.74) is 9.25. The van der Waals surface area contributed by atoms with Crippen LogP contribution in [0.4, 0.5) is 5.69 Å². The summed E-state index contributed by atoms with van der Waals surface area (Å²) in [6, 6.07) is 6.14. The van der Waals surface area contributed by atoms with Gasteiger partial charge in [-0.1, -0.05) is 23.8 Å². The molecule has 2 N–H and O–H groups in total. The Kier molecular flexibility index (Phi) is 3.26. The Morgan fingerprint density at radius 3 is 2.90 bits per heavy atom. The van der Waals surface area contributed by atoms with Crippen LogP contribution in [0.1, 0.15) is 28.6 Å². The molecule has 1 aliphatic rings. The molecule has 0 unspecified atom stereocenters. The molecule has 0 saturated carbocycles. The Labute approximate surface area is 122 Å². The topological polar surface area (TPSA) is 46.3 Å². The van der Waals surface area contributed by atoms with E-state index in [0.717, 1.165) is 23.1 Å².